The molecule has 1 amide bonds. The standard InChI is InChI=1S/C18H15BrN2O4S/c19-14-3-1-12(2-4-14)17-6-5-16(25-17)9-13(10-20)18(22)21-15-7-8-26(23,24)11-15/h1-6,9,15H,7-8,11H2,(H,21,22). The van der Waals surface area contributed by atoms with Crippen LogP contribution in [0.3, 0.4) is 0 Å². The van der Waals surface area contributed by atoms with Crippen LogP contribution in [-0.2, 0) is 14.6 Å². The summed E-state index contributed by atoms with van der Waals surface area (Å²) >= 11 is 3.37. The number of sulfone groups is 1. The monoisotopic (exact) mass is 434 g/mol. The highest BCUT2D eigenvalue weighted by molar-refractivity contribution is 9.10. The Labute approximate surface area is 159 Å². The van der Waals surface area contributed by atoms with Crippen molar-refractivity contribution in [2.24, 2.45) is 0 Å². The molecule has 1 unspecified atom stereocenters. The van der Waals surface area contributed by atoms with Crippen molar-refractivity contribution >= 4 is 37.8 Å². The fraction of sp³-hybridized carbons (Fsp3) is 0.222. The smallest absolute Gasteiger partial charge is 0.262 e. The van der Waals surface area contributed by atoms with Crippen molar-refractivity contribution in [3.63, 3.8) is 0 Å². The number of nitrogens with one attached hydrogen (secondary N) is 1. The van der Waals surface area contributed by atoms with E-state index < -0.39 is 21.8 Å². The third-order valence-electron chi connectivity index (χ3n) is 3.97. The molecule has 1 aliphatic rings. The first kappa shape index (κ1) is 18.4. The zero-order valence-electron chi connectivity index (χ0n) is 13.6. The van der Waals surface area contributed by atoms with Gasteiger partial charge in [0.25, 0.3) is 5.91 Å². The van der Waals surface area contributed by atoms with Crippen molar-refractivity contribution in [1.82, 2.24) is 5.32 Å². The Hall–Kier alpha value is -2.37. The highest BCUT2D eigenvalue weighted by Gasteiger charge is 2.29. The van der Waals surface area contributed by atoms with Gasteiger partial charge in [0.2, 0.25) is 0 Å². The van der Waals surface area contributed by atoms with Crippen LogP contribution in [-0.4, -0.2) is 31.9 Å². The average Bonchev–Trinajstić information content (AvgIpc) is 3.19. The fourth-order valence-electron chi connectivity index (χ4n) is 2.66. The summed E-state index contributed by atoms with van der Waals surface area (Å²) in [4.78, 5) is 12.2. The minimum absolute atomic E-state index is 0.0539. The molecular weight excluding hydrogens is 420 g/mol. The fourth-order valence-corrected chi connectivity index (χ4v) is 4.60. The zero-order chi connectivity index (χ0) is 18.7. The van der Waals surface area contributed by atoms with E-state index in [1.165, 1.54) is 6.08 Å². The number of rotatable bonds is 4. The maximum Gasteiger partial charge on any atom is 0.262 e. The van der Waals surface area contributed by atoms with E-state index in [2.05, 4.69) is 21.2 Å². The van der Waals surface area contributed by atoms with E-state index in [-0.39, 0.29) is 17.1 Å². The molecule has 0 radical (unpaired) electrons. The lowest BCUT2D eigenvalue weighted by molar-refractivity contribution is -0.117. The van der Waals surface area contributed by atoms with Gasteiger partial charge in [0.05, 0.1) is 11.5 Å². The number of hydrogen-bond acceptors (Lipinski definition) is 5. The molecule has 134 valence electrons. The molecule has 8 heteroatoms. The predicted octanol–water partition coefficient (Wildman–Crippen LogP) is 2.92. The van der Waals surface area contributed by atoms with Gasteiger partial charge in [-0.25, -0.2) is 8.42 Å². The van der Waals surface area contributed by atoms with Crippen molar-refractivity contribution < 1.29 is 17.6 Å². The second kappa shape index (κ2) is 7.48. The molecule has 3 rings (SSSR count). The van der Waals surface area contributed by atoms with Crippen molar-refractivity contribution in [2.45, 2.75) is 12.5 Å². The van der Waals surface area contributed by atoms with Crippen LogP contribution < -0.4 is 5.32 Å². The summed E-state index contributed by atoms with van der Waals surface area (Å²) in [6.07, 6.45) is 1.71. The third-order valence-corrected chi connectivity index (χ3v) is 6.27. The van der Waals surface area contributed by atoms with E-state index in [1.54, 1.807) is 12.1 Å². The van der Waals surface area contributed by atoms with Crippen LogP contribution >= 0.6 is 15.9 Å². The number of nitriles is 1. The highest BCUT2D eigenvalue weighted by atomic mass is 79.9. The molecule has 0 bridgehead atoms. The number of carbonyl (C=O) groups is 1. The maximum atomic E-state index is 12.2. The maximum absolute atomic E-state index is 12.2. The number of carbonyl (C=O) groups excluding carboxylic acids is 1. The molecule has 1 saturated heterocycles. The lowest BCUT2D eigenvalue weighted by Gasteiger charge is -2.09. The Kier molecular flexibility index (Phi) is 5.30. The summed E-state index contributed by atoms with van der Waals surface area (Å²) in [6.45, 7) is 0. The zero-order valence-corrected chi connectivity index (χ0v) is 16.0. The van der Waals surface area contributed by atoms with Crippen LogP contribution in [0.4, 0.5) is 0 Å². The van der Waals surface area contributed by atoms with Crippen LogP contribution in [0, 0.1) is 11.3 Å². The molecule has 0 aliphatic carbocycles. The van der Waals surface area contributed by atoms with E-state index in [4.69, 9.17) is 4.42 Å². The van der Waals surface area contributed by atoms with Gasteiger partial charge in [0, 0.05) is 22.2 Å². The van der Waals surface area contributed by atoms with Gasteiger partial charge in [-0.15, -0.1) is 0 Å². The van der Waals surface area contributed by atoms with Gasteiger partial charge in [0.1, 0.15) is 23.2 Å². The number of hydrogen-bond donors (Lipinski definition) is 1. The summed E-state index contributed by atoms with van der Waals surface area (Å²) in [5.41, 5.74) is 0.734. The minimum atomic E-state index is -3.10. The van der Waals surface area contributed by atoms with Crippen molar-refractivity contribution in [2.75, 3.05) is 11.5 Å². The Morgan fingerprint density at radius 2 is 2.00 bits per heavy atom. The van der Waals surface area contributed by atoms with E-state index in [0.717, 1.165) is 10.0 Å². The molecule has 2 aromatic rings. The van der Waals surface area contributed by atoms with Crippen LogP contribution in [0.1, 0.15) is 12.2 Å². The van der Waals surface area contributed by atoms with E-state index in [9.17, 15) is 18.5 Å². The molecule has 2 heterocycles. The molecule has 26 heavy (non-hydrogen) atoms. The highest BCUT2D eigenvalue weighted by Crippen LogP contribution is 2.25. The Balaban J connectivity index is 1.74. The van der Waals surface area contributed by atoms with Crippen molar-refractivity contribution in [3.05, 3.63) is 52.2 Å². The first-order valence-corrected chi connectivity index (χ1v) is 10.5. The normalized spacial score (nSPS) is 19.1. The van der Waals surface area contributed by atoms with Gasteiger partial charge in [0.15, 0.2) is 9.84 Å². The molecule has 1 aromatic carbocycles. The molecule has 1 N–H and O–H groups in total. The van der Waals surface area contributed by atoms with Crippen molar-refractivity contribution in [1.29, 1.82) is 5.26 Å². The third kappa shape index (κ3) is 4.42. The van der Waals surface area contributed by atoms with Gasteiger partial charge in [-0.1, -0.05) is 28.1 Å². The summed E-state index contributed by atoms with van der Waals surface area (Å²) in [5.74, 6) is 0.345. The number of nitrogens with zero attached hydrogens (tertiary/aromatic N) is 1. The van der Waals surface area contributed by atoms with Gasteiger partial charge < -0.3 is 9.73 Å². The number of amides is 1. The second-order valence-corrected chi connectivity index (χ2v) is 9.10. The first-order valence-electron chi connectivity index (χ1n) is 7.85. The Morgan fingerprint density at radius 1 is 1.27 bits per heavy atom. The molecule has 1 atom stereocenters. The number of halogens is 1. The summed E-state index contributed by atoms with van der Waals surface area (Å²) < 4.78 is 29.6. The van der Waals surface area contributed by atoms with Crippen molar-refractivity contribution in [3.8, 4) is 17.4 Å². The van der Waals surface area contributed by atoms with Gasteiger partial charge in [-0.05, 0) is 30.7 Å². The molecule has 1 fully saturated rings. The summed E-state index contributed by atoms with van der Waals surface area (Å²) in [6, 6.07) is 12.3. The minimum Gasteiger partial charge on any atom is -0.457 e. The molecular formula is C18H15BrN2O4S. The topological polar surface area (TPSA) is 100 Å². The SMILES string of the molecule is N#CC(=Cc1ccc(-c2ccc(Br)cc2)o1)C(=O)NC1CCS(=O)(=O)C1. The van der Waals surface area contributed by atoms with Crippen LogP contribution in [0.5, 0.6) is 0 Å². The molecule has 0 spiro atoms. The van der Waals surface area contributed by atoms with Crippen LogP contribution in [0.2, 0.25) is 0 Å². The summed E-state index contributed by atoms with van der Waals surface area (Å²) in [7, 11) is -3.10. The van der Waals surface area contributed by atoms with Crippen LogP contribution in [0.15, 0.2) is 50.9 Å². The number of furan rings is 1. The number of benzene rings is 1. The van der Waals surface area contributed by atoms with Gasteiger partial charge in [-0.2, -0.15) is 5.26 Å². The largest absolute Gasteiger partial charge is 0.457 e. The van der Waals surface area contributed by atoms with E-state index in [0.29, 0.717) is 17.9 Å². The molecule has 1 aliphatic heterocycles. The Bertz CT molecular complexity index is 1000. The average molecular weight is 435 g/mol. The lowest BCUT2D eigenvalue weighted by atomic mass is 10.2. The quantitative estimate of drug-likeness (QED) is 0.588. The van der Waals surface area contributed by atoms with E-state index in [1.807, 2.05) is 30.3 Å². The summed E-state index contributed by atoms with van der Waals surface area (Å²) in [5, 5.41) is 11.8. The Morgan fingerprint density at radius 3 is 2.62 bits per heavy atom. The van der Waals surface area contributed by atoms with Crippen LogP contribution in [0.25, 0.3) is 17.4 Å². The van der Waals surface area contributed by atoms with Gasteiger partial charge in [-0.3, -0.25) is 4.79 Å². The lowest BCUT2D eigenvalue weighted by Crippen LogP contribution is -2.36. The van der Waals surface area contributed by atoms with Gasteiger partial charge >= 0.3 is 0 Å². The molecule has 1 aromatic heterocycles. The predicted molar refractivity (Wildman–Crippen MR) is 101 cm³/mol. The second-order valence-electron chi connectivity index (χ2n) is 5.95. The van der Waals surface area contributed by atoms with E-state index >= 15 is 0 Å². The molecule has 6 nitrogen and oxygen atoms in total. The molecule has 0 saturated carbocycles. The first-order chi connectivity index (χ1) is 12.4.